The summed E-state index contributed by atoms with van der Waals surface area (Å²) in [6.07, 6.45) is 6.79. The first-order valence-electron chi connectivity index (χ1n) is 30.8. The van der Waals surface area contributed by atoms with Crippen molar-refractivity contribution >= 4 is 70.2 Å². The minimum Gasteiger partial charge on any atom is -0.333 e. The Labute approximate surface area is 551 Å². The topological polar surface area (TPSA) is 43.1 Å². The molecule has 4 heterocycles. The molecule has 0 aliphatic heterocycles. The van der Waals surface area contributed by atoms with Crippen LogP contribution in [0.5, 0.6) is 0 Å². The van der Waals surface area contributed by atoms with Crippen LogP contribution in [0.15, 0.2) is 191 Å². The fraction of sp³-hybridized carbons (Fsp3) is 0.272. The molecule has 88 heavy (non-hydrogen) atoms. The Bertz CT molecular complexity index is 4480. The Morgan fingerprint density at radius 1 is 0.420 bits per heavy atom. The molecule has 0 N–H and O–H groups in total. The van der Waals surface area contributed by atoms with Gasteiger partial charge in [0.15, 0.2) is 0 Å². The average Bonchev–Trinajstić information content (AvgIpc) is 2.00. The second kappa shape index (κ2) is 23.5. The first kappa shape index (κ1) is 61.4. The Morgan fingerprint density at radius 2 is 0.875 bits per heavy atom. The molecule has 1 aliphatic carbocycles. The third kappa shape index (κ3) is 11.7. The van der Waals surface area contributed by atoms with E-state index < -0.39 is 0 Å². The van der Waals surface area contributed by atoms with Gasteiger partial charge < -0.3 is 14.4 Å². The summed E-state index contributed by atoms with van der Waals surface area (Å²) < 4.78 is 4.38. The van der Waals surface area contributed by atoms with Gasteiger partial charge in [0.2, 0.25) is 0 Å². The molecule has 0 spiro atoms. The van der Waals surface area contributed by atoms with Gasteiger partial charge in [-0.1, -0.05) is 266 Å². The molecule has 1 aliphatic rings. The van der Waals surface area contributed by atoms with Crippen molar-refractivity contribution in [1.82, 2.24) is 19.4 Å². The van der Waals surface area contributed by atoms with Gasteiger partial charge in [-0.05, 0) is 145 Å². The Morgan fingerprint density at radius 3 is 1.39 bits per heavy atom. The summed E-state index contributed by atoms with van der Waals surface area (Å²) in [4.78, 5) is 15.0. The second-order valence-corrected chi connectivity index (χ2v) is 30.2. The third-order valence-electron chi connectivity index (χ3n) is 18.5. The van der Waals surface area contributed by atoms with Crippen LogP contribution in [-0.4, -0.2) is 19.4 Å². The molecule has 12 aromatic rings. The quantitative estimate of drug-likeness (QED) is 0.112. The number of hydrogen-bond donors (Lipinski definition) is 0. The number of fused-ring (bicyclic) bond motifs is 8. The van der Waals surface area contributed by atoms with Crippen LogP contribution < -0.4 is 0 Å². The number of para-hydroxylation sites is 3. The van der Waals surface area contributed by atoms with E-state index >= 15 is 0 Å². The van der Waals surface area contributed by atoms with Crippen LogP contribution in [0, 0.1) is 18.2 Å². The molecular weight excluding hydrogens is 1380 g/mol. The summed E-state index contributed by atoms with van der Waals surface area (Å²) in [6, 6.07) is 74.7. The smallest absolute Gasteiger partial charge is 0.333 e. The van der Waals surface area contributed by atoms with Crippen molar-refractivity contribution in [3.05, 3.63) is 248 Å². The van der Waals surface area contributed by atoms with E-state index in [4.69, 9.17) is 15.0 Å². The van der Waals surface area contributed by atoms with E-state index in [1.54, 1.807) is 0 Å². The molecule has 2 unspecified atom stereocenters. The summed E-state index contributed by atoms with van der Waals surface area (Å²) >= 11 is 8.38. The van der Waals surface area contributed by atoms with Gasteiger partial charge in [0, 0.05) is 17.9 Å². The number of rotatable bonds is 8. The molecule has 442 valence electrons. The third-order valence-corrected chi connectivity index (χ3v) is 19.8. The van der Waals surface area contributed by atoms with Crippen LogP contribution in [0.2, 0.25) is 0 Å². The number of imidazole rings is 1. The fourth-order valence-corrected chi connectivity index (χ4v) is 14.6. The molecule has 1 fully saturated rings. The van der Waals surface area contributed by atoms with Gasteiger partial charge in [0.25, 0.3) is 0 Å². The van der Waals surface area contributed by atoms with E-state index in [-0.39, 0.29) is 59.5 Å². The van der Waals surface area contributed by atoms with E-state index in [0.717, 1.165) is 100 Å². The predicted octanol–water partition coefficient (Wildman–Crippen LogP) is 22.9. The summed E-state index contributed by atoms with van der Waals surface area (Å²) in [7, 11) is 0. The molecule has 0 bridgehead atoms. The van der Waals surface area contributed by atoms with Gasteiger partial charge in [-0.15, -0.1) is 71.1 Å². The number of benzene rings is 8. The van der Waals surface area contributed by atoms with Crippen LogP contribution in [0.4, 0.5) is 0 Å². The molecule has 0 saturated heterocycles. The summed E-state index contributed by atoms with van der Waals surface area (Å²) in [5, 5.41) is 3.37. The molecule has 1 saturated carbocycles. The molecule has 4 nitrogen and oxygen atoms in total. The molecule has 0 amide bonds. The predicted molar refractivity (Wildman–Crippen MR) is 372 cm³/mol. The summed E-state index contributed by atoms with van der Waals surface area (Å²) in [5.41, 5.74) is 24.2. The maximum Gasteiger partial charge on any atom is 3.00 e. The first-order valence-corrected chi connectivity index (χ1v) is 32.4. The SMILES string of the molecule is CC(C)(C)c1ccnc(-c2[c-]cc(-c3cc(C(C)(C)C)ccc3C3CC(c4ccccc4-c4c[c-]c5c(c4)c4ccccc4n4c6ccccc6nc54)CC(c4ccc(C(C)(C)C)cc4-c4c[c-]c(-c5cc(C(C)(C)C)ccn5)cc4Br)C3)c(Br)c2)c1.[Ir+3]. The maximum absolute atomic E-state index is 5.24. The van der Waals surface area contributed by atoms with Crippen LogP contribution in [-0.2, 0) is 41.8 Å². The number of hydrogen-bond acceptors (Lipinski definition) is 3. The maximum atomic E-state index is 5.24. The van der Waals surface area contributed by atoms with Crippen molar-refractivity contribution in [3.8, 4) is 55.9 Å². The second-order valence-electron chi connectivity index (χ2n) is 28.5. The van der Waals surface area contributed by atoms with Crippen LogP contribution in [0.25, 0.3) is 94.3 Å². The number of halogens is 2. The van der Waals surface area contributed by atoms with Gasteiger partial charge in [-0.25, -0.2) is 0 Å². The zero-order chi connectivity index (χ0) is 60.9. The zero-order valence-electron chi connectivity index (χ0n) is 52.6. The van der Waals surface area contributed by atoms with Crippen molar-refractivity contribution in [2.24, 2.45) is 0 Å². The summed E-state index contributed by atoms with van der Waals surface area (Å²) in [5.74, 6) is 0.567. The minimum atomic E-state index is -0.0779. The molecule has 8 aromatic carbocycles. The van der Waals surface area contributed by atoms with Crippen LogP contribution in [0.1, 0.15) is 159 Å². The number of nitrogens with zero attached hydrogens (tertiary/aromatic N) is 4. The Kier molecular flexibility index (Phi) is 16.4. The number of aromatic nitrogens is 4. The largest absolute Gasteiger partial charge is 3.00 e. The van der Waals surface area contributed by atoms with Crippen molar-refractivity contribution in [2.75, 3.05) is 0 Å². The molecule has 13 rings (SSSR count). The first-order chi connectivity index (χ1) is 41.5. The fourth-order valence-electron chi connectivity index (χ4n) is 13.5. The van der Waals surface area contributed by atoms with E-state index in [0.29, 0.717) is 0 Å². The number of pyridine rings is 3. The van der Waals surface area contributed by atoms with Crippen molar-refractivity contribution < 1.29 is 20.1 Å². The van der Waals surface area contributed by atoms with E-state index in [1.807, 2.05) is 12.4 Å². The van der Waals surface area contributed by atoms with Crippen molar-refractivity contribution in [1.29, 1.82) is 0 Å². The zero-order valence-corrected chi connectivity index (χ0v) is 58.1. The van der Waals surface area contributed by atoms with Gasteiger partial charge in [-0.3, -0.25) is 4.98 Å². The molecule has 7 heteroatoms. The molecule has 0 radical (unpaired) electrons. The van der Waals surface area contributed by atoms with E-state index in [1.165, 1.54) is 61.0 Å². The van der Waals surface area contributed by atoms with Crippen molar-refractivity contribution in [3.63, 3.8) is 0 Å². The standard InChI is InChI=1S/C81H75Br2N4.Ir/c1-78(2,3)55-28-33-61(68(45-55)63-30-26-50(43-70(63)82)73-47-57(35-37-84-73)80(7,8)9)53-39-52(60-20-14-13-19-59(60)49-25-32-66-67(42-49)65-21-15-17-23-75(65)87-76-24-18-16-22-72(76)86-77(66)87)40-54(41-53)62-34-29-56(79(4,5)6)46-69(62)64-31-27-51(44-71(64)83)74-48-58(36-38-85-74)81(10,11)12;/h13-25,28-31,33-38,42-48,52-54H,39-41H2,1-12H3;/q-3;+3. The van der Waals surface area contributed by atoms with Gasteiger partial charge in [0.05, 0.1) is 16.7 Å². The van der Waals surface area contributed by atoms with E-state index in [2.05, 4.69) is 307 Å². The normalized spacial score (nSPS) is 16.0. The van der Waals surface area contributed by atoms with Gasteiger partial charge >= 0.3 is 20.1 Å². The monoisotopic (exact) mass is 1450 g/mol. The van der Waals surface area contributed by atoms with Crippen LogP contribution in [0.3, 0.4) is 0 Å². The van der Waals surface area contributed by atoms with Crippen LogP contribution >= 0.6 is 31.9 Å². The molecular formula is C81H75Br2IrN4. The molecule has 4 aromatic heterocycles. The minimum absolute atomic E-state index is 0. The van der Waals surface area contributed by atoms with Crippen molar-refractivity contribution in [2.45, 2.75) is 142 Å². The van der Waals surface area contributed by atoms with Gasteiger partial charge in [0.1, 0.15) is 0 Å². The van der Waals surface area contributed by atoms with Gasteiger partial charge in [-0.2, -0.15) is 0 Å². The average molecular weight is 1460 g/mol. The summed E-state index contributed by atoms with van der Waals surface area (Å²) in [6.45, 7) is 27.5. The Balaban J connectivity index is 0.00000754. The Hall–Kier alpha value is -6.86. The molecule has 2 atom stereocenters. The van der Waals surface area contributed by atoms with E-state index in [9.17, 15) is 0 Å².